The summed E-state index contributed by atoms with van der Waals surface area (Å²) in [6.45, 7) is 1.72. The molecule has 2 amide bonds. The first-order valence-corrected chi connectivity index (χ1v) is 9.86. The lowest BCUT2D eigenvalue weighted by Crippen LogP contribution is -2.43. The monoisotopic (exact) mass is 379 g/mol. The predicted octanol–water partition coefficient (Wildman–Crippen LogP) is 3.61. The Labute approximate surface area is 162 Å². The summed E-state index contributed by atoms with van der Waals surface area (Å²) in [4.78, 5) is 26.2. The summed E-state index contributed by atoms with van der Waals surface area (Å²) < 4.78 is 0. The Hall–Kier alpha value is -2.57. The lowest BCUT2D eigenvalue weighted by molar-refractivity contribution is -0.115. The third-order valence-electron chi connectivity index (χ3n) is 4.86. The van der Waals surface area contributed by atoms with Gasteiger partial charge in [-0.3, -0.25) is 14.9 Å². The summed E-state index contributed by atoms with van der Waals surface area (Å²) in [6, 6.07) is 16.6. The van der Waals surface area contributed by atoms with E-state index in [0.29, 0.717) is 4.91 Å². The highest BCUT2D eigenvalue weighted by Crippen LogP contribution is 2.34. The fourth-order valence-corrected chi connectivity index (χ4v) is 4.21. The highest BCUT2D eigenvalue weighted by atomic mass is 32.2. The molecule has 1 atom stereocenters. The van der Waals surface area contributed by atoms with E-state index in [2.05, 4.69) is 34.5 Å². The van der Waals surface area contributed by atoms with Crippen LogP contribution in [0, 0.1) is 0 Å². The van der Waals surface area contributed by atoms with Crippen LogP contribution in [0.25, 0.3) is 17.2 Å². The topological polar surface area (TPSA) is 75.4 Å². The minimum Gasteiger partial charge on any atom is -0.369 e. The molecule has 3 N–H and O–H groups in total. The van der Waals surface area contributed by atoms with Gasteiger partial charge in [0.1, 0.15) is 0 Å². The molecule has 2 heterocycles. The van der Waals surface area contributed by atoms with Gasteiger partial charge >= 0.3 is 0 Å². The minimum atomic E-state index is -0.335. The number of nitrogens with zero attached hydrogens (tertiary/aromatic N) is 1. The molecule has 138 valence electrons. The van der Waals surface area contributed by atoms with Crippen LogP contribution in [0.4, 0.5) is 10.5 Å². The van der Waals surface area contributed by atoms with Crippen LogP contribution in [-0.2, 0) is 4.79 Å². The van der Waals surface area contributed by atoms with Crippen LogP contribution in [0.3, 0.4) is 0 Å². The van der Waals surface area contributed by atoms with E-state index in [1.165, 1.54) is 0 Å². The molecule has 2 aromatic carbocycles. The lowest BCUT2D eigenvalue weighted by atomic mass is 9.99. The Bertz CT molecular complexity index is 911. The fraction of sp³-hybridized carbons (Fsp3) is 0.238. The second-order valence-corrected chi connectivity index (χ2v) is 7.85. The zero-order valence-corrected chi connectivity index (χ0v) is 15.7. The maximum absolute atomic E-state index is 12.0. The largest absolute Gasteiger partial charge is 0.369 e. The predicted molar refractivity (Wildman–Crippen MR) is 110 cm³/mol. The first-order valence-electron chi connectivity index (χ1n) is 9.05. The molecule has 1 unspecified atom stereocenters. The van der Waals surface area contributed by atoms with Gasteiger partial charge < -0.3 is 10.6 Å². The van der Waals surface area contributed by atoms with Gasteiger partial charge in [0.25, 0.3) is 11.1 Å². The molecular formula is C21H21N3O2S. The van der Waals surface area contributed by atoms with Gasteiger partial charge in [-0.15, -0.1) is 0 Å². The third kappa shape index (κ3) is 3.91. The molecule has 2 fully saturated rings. The van der Waals surface area contributed by atoms with Gasteiger partial charge in [0.05, 0.1) is 4.91 Å². The number of imide groups is 1. The van der Waals surface area contributed by atoms with Crippen LogP contribution < -0.4 is 16.0 Å². The van der Waals surface area contributed by atoms with Crippen molar-refractivity contribution in [1.29, 1.82) is 0 Å². The molecule has 2 saturated heterocycles. The average Bonchev–Trinajstić information content (AvgIpc) is 2.99. The van der Waals surface area contributed by atoms with Crippen molar-refractivity contribution in [2.75, 3.05) is 18.0 Å². The van der Waals surface area contributed by atoms with Gasteiger partial charge in [-0.25, -0.2) is 0 Å². The van der Waals surface area contributed by atoms with E-state index in [0.717, 1.165) is 60.1 Å². The van der Waals surface area contributed by atoms with Gasteiger partial charge in [-0.2, -0.15) is 0 Å². The molecule has 27 heavy (non-hydrogen) atoms. The molecule has 6 heteroatoms. The van der Waals surface area contributed by atoms with Crippen LogP contribution in [-0.4, -0.2) is 30.3 Å². The van der Waals surface area contributed by atoms with Gasteiger partial charge in [0, 0.05) is 24.8 Å². The summed E-state index contributed by atoms with van der Waals surface area (Å²) in [7, 11) is 0. The van der Waals surface area contributed by atoms with E-state index in [1.807, 2.05) is 24.3 Å². The van der Waals surface area contributed by atoms with E-state index < -0.39 is 0 Å². The SMILES string of the molecule is NC1CCCN(c2cc(-c3ccccc3)ccc2C=C2SC(=O)NC2=O)C1. The summed E-state index contributed by atoms with van der Waals surface area (Å²) in [5.41, 5.74) is 10.4. The first kappa shape index (κ1) is 17.8. The van der Waals surface area contributed by atoms with Crippen molar-refractivity contribution in [2.45, 2.75) is 18.9 Å². The van der Waals surface area contributed by atoms with Crippen molar-refractivity contribution in [3.8, 4) is 11.1 Å². The van der Waals surface area contributed by atoms with Crippen LogP contribution in [0.15, 0.2) is 53.4 Å². The van der Waals surface area contributed by atoms with Crippen molar-refractivity contribution >= 4 is 34.7 Å². The quantitative estimate of drug-likeness (QED) is 0.797. The molecule has 2 aliphatic heterocycles. The van der Waals surface area contributed by atoms with E-state index in [9.17, 15) is 9.59 Å². The van der Waals surface area contributed by atoms with Crippen LogP contribution in [0.1, 0.15) is 18.4 Å². The van der Waals surface area contributed by atoms with Crippen molar-refractivity contribution in [3.63, 3.8) is 0 Å². The minimum absolute atomic E-state index is 0.144. The smallest absolute Gasteiger partial charge is 0.290 e. The van der Waals surface area contributed by atoms with Crippen molar-refractivity contribution < 1.29 is 9.59 Å². The summed E-state index contributed by atoms with van der Waals surface area (Å²) in [5.74, 6) is -0.335. The zero-order valence-electron chi connectivity index (χ0n) is 14.9. The third-order valence-corrected chi connectivity index (χ3v) is 5.68. The summed E-state index contributed by atoms with van der Waals surface area (Å²) in [6.07, 6.45) is 3.87. The maximum Gasteiger partial charge on any atom is 0.290 e. The molecule has 0 saturated carbocycles. The second kappa shape index (κ2) is 7.58. The zero-order chi connectivity index (χ0) is 18.8. The van der Waals surface area contributed by atoms with E-state index in [1.54, 1.807) is 6.08 Å². The van der Waals surface area contributed by atoms with Crippen molar-refractivity contribution in [2.24, 2.45) is 5.73 Å². The Morgan fingerprint density at radius 1 is 1.11 bits per heavy atom. The number of carbonyl (C=O) groups is 2. The lowest BCUT2D eigenvalue weighted by Gasteiger charge is -2.34. The Morgan fingerprint density at radius 2 is 1.93 bits per heavy atom. The van der Waals surface area contributed by atoms with Gasteiger partial charge in [0.15, 0.2) is 0 Å². The number of nitrogens with two attached hydrogens (primary N) is 1. The van der Waals surface area contributed by atoms with Gasteiger partial charge in [-0.05, 0) is 53.4 Å². The number of piperidine rings is 1. The number of amides is 2. The van der Waals surface area contributed by atoms with Crippen molar-refractivity contribution in [1.82, 2.24) is 5.32 Å². The van der Waals surface area contributed by atoms with Crippen LogP contribution in [0.2, 0.25) is 0 Å². The molecular weight excluding hydrogens is 358 g/mol. The number of benzene rings is 2. The highest BCUT2D eigenvalue weighted by molar-refractivity contribution is 8.18. The Kier molecular flexibility index (Phi) is 5.01. The van der Waals surface area contributed by atoms with E-state index >= 15 is 0 Å². The van der Waals surface area contributed by atoms with E-state index in [4.69, 9.17) is 5.73 Å². The Balaban J connectivity index is 1.77. The number of anilines is 1. The summed E-state index contributed by atoms with van der Waals surface area (Å²) >= 11 is 0.943. The average molecular weight is 379 g/mol. The molecule has 0 spiro atoms. The Morgan fingerprint density at radius 3 is 2.63 bits per heavy atom. The van der Waals surface area contributed by atoms with Gasteiger partial charge in [0.2, 0.25) is 0 Å². The molecule has 0 bridgehead atoms. The first-order chi connectivity index (χ1) is 13.1. The molecule has 0 aromatic heterocycles. The number of thioether (sulfide) groups is 1. The molecule has 0 radical (unpaired) electrons. The standard InChI is InChI=1S/C21H21N3O2S/c22-17-7-4-10-24(13-17)18-11-15(14-5-2-1-3-6-14)8-9-16(18)12-19-20(25)23-21(26)27-19/h1-3,5-6,8-9,11-12,17H,4,7,10,13,22H2,(H,23,25,26). The summed E-state index contributed by atoms with van der Waals surface area (Å²) in [5, 5.41) is 1.99. The second-order valence-electron chi connectivity index (χ2n) is 6.84. The normalized spacial score (nSPS) is 21.6. The van der Waals surface area contributed by atoms with Crippen LogP contribution >= 0.6 is 11.8 Å². The maximum atomic E-state index is 12.0. The number of rotatable bonds is 3. The highest BCUT2D eigenvalue weighted by Gasteiger charge is 2.26. The van der Waals surface area contributed by atoms with Crippen molar-refractivity contribution in [3.05, 3.63) is 59.0 Å². The van der Waals surface area contributed by atoms with Gasteiger partial charge in [-0.1, -0.05) is 42.5 Å². The number of hydrogen-bond donors (Lipinski definition) is 2. The van der Waals surface area contributed by atoms with Crippen LogP contribution in [0.5, 0.6) is 0 Å². The number of carbonyl (C=O) groups excluding carboxylic acids is 2. The molecule has 2 aliphatic rings. The van der Waals surface area contributed by atoms with E-state index in [-0.39, 0.29) is 17.2 Å². The number of hydrogen-bond acceptors (Lipinski definition) is 5. The molecule has 5 nitrogen and oxygen atoms in total. The fourth-order valence-electron chi connectivity index (χ4n) is 3.54. The molecule has 4 rings (SSSR count). The molecule has 0 aliphatic carbocycles. The molecule has 2 aromatic rings. The number of nitrogens with one attached hydrogen (secondary N) is 1.